The van der Waals surface area contributed by atoms with Crippen molar-refractivity contribution in [1.82, 2.24) is 0 Å². The first-order valence-electron chi connectivity index (χ1n) is 3.11. The van der Waals surface area contributed by atoms with Crippen molar-refractivity contribution in [3.05, 3.63) is 0 Å². The van der Waals surface area contributed by atoms with E-state index in [9.17, 15) is 13.2 Å². The first-order chi connectivity index (χ1) is 4.92. The maximum Gasteiger partial charge on any atom is 0.309 e. The zero-order chi connectivity index (χ0) is 8.65. The van der Waals surface area contributed by atoms with Gasteiger partial charge in [0.25, 0.3) is 0 Å². The van der Waals surface area contributed by atoms with Gasteiger partial charge in [0.2, 0.25) is 0 Å². The lowest BCUT2D eigenvalue weighted by Crippen LogP contribution is -2.33. The topological polar surface area (TPSA) is 97.5 Å². The summed E-state index contributed by atoms with van der Waals surface area (Å²) >= 11 is 0. The van der Waals surface area contributed by atoms with E-state index < -0.39 is 27.8 Å². The van der Waals surface area contributed by atoms with Gasteiger partial charge < -0.3 is 10.8 Å². The third-order valence-electron chi connectivity index (χ3n) is 1.71. The van der Waals surface area contributed by atoms with Crippen LogP contribution < -0.4 is 5.73 Å². The van der Waals surface area contributed by atoms with Crippen LogP contribution in [0.15, 0.2) is 0 Å². The lowest BCUT2D eigenvalue weighted by Gasteiger charge is -2.05. The fourth-order valence-corrected chi connectivity index (χ4v) is 3.02. The van der Waals surface area contributed by atoms with E-state index in [2.05, 4.69) is 0 Å². The van der Waals surface area contributed by atoms with E-state index in [1.165, 1.54) is 0 Å². The number of carboxylic acids is 1. The molecular formula is C5H9NO4S. The number of carbonyl (C=O) groups is 1. The molecule has 6 heteroatoms. The van der Waals surface area contributed by atoms with Gasteiger partial charge in [-0.25, -0.2) is 8.42 Å². The molecule has 0 saturated carbocycles. The summed E-state index contributed by atoms with van der Waals surface area (Å²) in [5.41, 5.74) is 5.30. The first-order valence-corrected chi connectivity index (χ1v) is 4.93. The van der Waals surface area contributed by atoms with Crippen molar-refractivity contribution in [2.24, 2.45) is 11.7 Å². The minimum absolute atomic E-state index is 0.204. The maximum atomic E-state index is 10.8. The largest absolute Gasteiger partial charge is 0.481 e. The number of hydrogen-bond acceptors (Lipinski definition) is 4. The van der Waals surface area contributed by atoms with Crippen molar-refractivity contribution in [3.63, 3.8) is 0 Å². The van der Waals surface area contributed by atoms with E-state index in [0.717, 1.165) is 0 Å². The van der Waals surface area contributed by atoms with Gasteiger partial charge in [0.1, 0.15) is 0 Å². The molecule has 0 radical (unpaired) electrons. The van der Waals surface area contributed by atoms with E-state index in [1.807, 2.05) is 0 Å². The molecule has 1 aliphatic heterocycles. The van der Waals surface area contributed by atoms with Gasteiger partial charge in [-0.2, -0.15) is 0 Å². The minimum atomic E-state index is -3.20. The predicted molar refractivity (Wildman–Crippen MR) is 37.8 cm³/mol. The molecule has 0 spiro atoms. The fourth-order valence-electron chi connectivity index (χ4n) is 1.13. The highest BCUT2D eigenvalue weighted by molar-refractivity contribution is 7.91. The van der Waals surface area contributed by atoms with Crippen LogP contribution in [0.2, 0.25) is 0 Å². The second kappa shape index (κ2) is 2.46. The lowest BCUT2D eigenvalue weighted by atomic mass is 10.1. The maximum absolute atomic E-state index is 10.8. The zero-order valence-electron chi connectivity index (χ0n) is 5.73. The Morgan fingerprint density at radius 1 is 1.45 bits per heavy atom. The lowest BCUT2D eigenvalue weighted by molar-refractivity contribution is -0.141. The van der Waals surface area contributed by atoms with Crippen molar-refractivity contribution < 1.29 is 18.3 Å². The number of hydrogen-bond donors (Lipinski definition) is 2. The molecule has 3 N–H and O–H groups in total. The molecule has 0 aromatic heterocycles. The summed E-state index contributed by atoms with van der Waals surface area (Å²) in [6.45, 7) is 0. The normalized spacial score (nSPS) is 35.4. The molecule has 1 rings (SSSR count). The van der Waals surface area contributed by atoms with Crippen LogP contribution in [-0.2, 0) is 14.6 Å². The minimum Gasteiger partial charge on any atom is -0.481 e. The zero-order valence-corrected chi connectivity index (χ0v) is 6.54. The summed E-state index contributed by atoms with van der Waals surface area (Å²) < 4.78 is 21.6. The Kier molecular flexibility index (Phi) is 1.89. The number of rotatable bonds is 1. The molecule has 5 nitrogen and oxygen atoms in total. The van der Waals surface area contributed by atoms with E-state index in [1.54, 1.807) is 0 Å². The number of aliphatic carboxylic acids is 1. The second-order valence-corrected chi connectivity index (χ2v) is 4.84. The Bertz CT molecular complexity index is 270. The Hall–Kier alpha value is -0.620. The number of nitrogens with two attached hydrogens (primary N) is 1. The molecule has 1 saturated heterocycles. The first kappa shape index (κ1) is 8.48. The Morgan fingerprint density at radius 2 is 2.00 bits per heavy atom. The van der Waals surface area contributed by atoms with Gasteiger partial charge in [-0.1, -0.05) is 0 Å². The molecule has 0 amide bonds. The van der Waals surface area contributed by atoms with Gasteiger partial charge >= 0.3 is 5.97 Å². The quantitative estimate of drug-likeness (QED) is 0.507. The Balaban J connectivity index is 2.83. The Labute approximate surface area is 64.1 Å². The van der Waals surface area contributed by atoms with Gasteiger partial charge in [-0.05, 0) is 0 Å². The molecule has 0 aromatic carbocycles. The van der Waals surface area contributed by atoms with Gasteiger partial charge in [-0.3, -0.25) is 4.79 Å². The summed E-state index contributed by atoms with van der Waals surface area (Å²) in [5, 5.41) is 8.47. The molecule has 2 unspecified atom stereocenters. The van der Waals surface area contributed by atoms with Crippen LogP contribution in [0, 0.1) is 5.92 Å². The van der Waals surface area contributed by atoms with Crippen molar-refractivity contribution >= 4 is 15.8 Å². The molecule has 0 aliphatic carbocycles. The second-order valence-electron chi connectivity index (χ2n) is 2.69. The SMILES string of the molecule is NC1CS(=O)(=O)CC1C(=O)O. The van der Waals surface area contributed by atoms with Crippen LogP contribution in [0.5, 0.6) is 0 Å². The van der Waals surface area contributed by atoms with Crippen molar-refractivity contribution in [3.8, 4) is 0 Å². The number of sulfone groups is 1. The summed E-state index contributed by atoms with van der Waals surface area (Å²) in [5.74, 6) is -2.56. The van der Waals surface area contributed by atoms with Gasteiger partial charge in [-0.15, -0.1) is 0 Å². The average Bonchev–Trinajstić information content (AvgIpc) is 2.05. The van der Waals surface area contributed by atoms with Crippen LogP contribution in [-0.4, -0.2) is 37.0 Å². The van der Waals surface area contributed by atoms with Crippen molar-refractivity contribution in [2.75, 3.05) is 11.5 Å². The fraction of sp³-hybridized carbons (Fsp3) is 0.800. The Morgan fingerprint density at radius 3 is 2.18 bits per heavy atom. The predicted octanol–water partition coefficient (Wildman–Crippen LogP) is -1.56. The van der Waals surface area contributed by atoms with Crippen LogP contribution in [0.3, 0.4) is 0 Å². The van der Waals surface area contributed by atoms with Crippen LogP contribution in [0.4, 0.5) is 0 Å². The highest BCUT2D eigenvalue weighted by Gasteiger charge is 2.39. The molecular weight excluding hydrogens is 170 g/mol. The van der Waals surface area contributed by atoms with Crippen molar-refractivity contribution in [2.45, 2.75) is 6.04 Å². The van der Waals surface area contributed by atoms with Crippen LogP contribution in [0.1, 0.15) is 0 Å². The van der Waals surface area contributed by atoms with Crippen molar-refractivity contribution in [1.29, 1.82) is 0 Å². The van der Waals surface area contributed by atoms with Gasteiger partial charge in [0, 0.05) is 6.04 Å². The van der Waals surface area contributed by atoms with E-state index >= 15 is 0 Å². The molecule has 64 valence electrons. The molecule has 11 heavy (non-hydrogen) atoms. The average molecular weight is 179 g/mol. The molecule has 0 aromatic rings. The monoisotopic (exact) mass is 179 g/mol. The molecule has 0 bridgehead atoms. The third kappa shape index (κ3) is 1.69. The molecule has 1 fully saturated rings. The third-order valence-corrected chi connectivity index (χ3v) is 3.47. The summed E-state index contributed by atoms with van der Waals surface area (Å²) in [4.78, 5) is 10.4. The van der Waals surface area contributed by atoms with Crippen LogP contribution in [0.25, 0.3) is 0 Å². The van der Waals surface area contributed by atoms with Crippen LogP contribution >= 0.6 is 0 Å². The number of carboxylic acid groups (broad SMARTS) is 1. The van der Waals surface area contributed by atoms with E-state index in [0.29, 0.717) is 0 Å². The standard InChI is InChI=1S/C5H9NO4S/c6-4-2-11(9,10)1-3(4)5(7)8/h3-4H,1-2,6H2,(H,7,8). The smallest absolute Gasteiger partial charge is 0.309 e. The molecule has 1 heterocycles. The van der Waals surface area contributed by atoms with Gasteiger partial charge in [0.15, 0.2) is 9.84 Å². The van der Waals surface area contributed by atoms with Gasteiger partial charge in [0.05, 0.1) is 17.4 Å². The summed E-state index contributed by atoms with van der Waals surface area (Å²) in [7, 11) is -3.20. The summed E-state index contributed by atoms with van der Waals surface area (Å²) in [6, 6.07) is -0.738. The molecule has 2 atom stereocenters. The highest BCUT2D eigenvalue weighted by Crippen LogP contribution is 2.17. The van der Waals surface area contributed by atoms with E-state index in [-0.39, 0.29) is 11.5 Å². The molecule has 1 aliphatic rings. The highest BCUT2D eigenvalue weighted by atomic mass is 32.2. The van der Waals surface area contributed by atoms with E-state index in [4.69, 9.17) is 10.8 Å². The summed E-state index contributed by atoms with van der Waals surface area (Å²) in [6.07, 6.45) is 0.